The number of thioether (sulfide) groups is 1. The molecule has 5 nitrogen and oxygen atoms in total. The van der Waals surface area contributed by atoms with Crippen LogP contribution in [0.1, 0.15) is 30.9 Å². The highest BCUT2D eigenvalue weighted by molar-refractivity contribution is 8.26. The molecule has 1 fully saturated rings. The Morgan fingerprint density at radius 3 is 2.47 bits per heavy atom. The van der Waals surface area contributed by atoms with Gasteiger partial charge in [-0.15, -0.1) is 0 Å². The third-order valence-electron chi connectivity index (χ3n) is 6.11. The number of unbranched alkanes of at least 4 members (excludes halogenated alkanes) is 1. The first-order valence-electron chi connectivity index (χ1n) is 12.4. The average molecular weight is 560 g/mol. The summed E-state index contributed by atoms with van der Waals surface area (Å²) >= 11 is 12.8. The van der Waals surface area contributed by atoms with E-state index in [1.165, 1.54) is 11.8 Å². The SMILES string of the molecule is CCCCN1C(=O)/C(=C/c2cn(-c3ccccc3)nc2-c2ccc(OCc3ccc(Cl)cc3)cc2)SC1=S. The number of amides is 1. The zero-order valence-corrected chi connectivity index (χ0v) is 23.2. The standard InChI is InChI=1S/C30H26ClN3O2S2/c1-2-3-17-33-29(35)27(38-30(33)37)18-23-19-34(25-7-5-4-6-8-25)32-28(23)22-11-15-26(16-12-22)36-20-21-9-13-24(31)14-10-21/h4-16,18-19H,2-3,17,20H2,1H3/b27-18-. The summed E-state index contributed by atoms with van der Waals surface area (Å²) < 4.78 is 8.40. The molecule has 4 aromatic rings. The van der Waals surface area contributed by atoms with Gasteiger partial charge in [-0.25, -0.2) is 4.68 Å². The van der Waals surface area contributed by atoms with E-state index in [-0.39, 0.29) is 5.91 Å². The fourth-order valence-corrected chi connectivity index (χ4v) is 5.46. The number of thiocarbonyl (C=S) groups is 1. The van der Waals surface area contributed by atoms with Gasteiger partial charge in [-0.3, -0.25) is 9.69 Å². The number of halogens is 1. The van der Waals surface area contributed by atoms with Gasteiger partial charge in [0.25, 0.3) is 5.91 Å². The predicted molar refractivity (Wildman–Crippen MR) is 160 cm³/mol. The number of ether oxygens (including phenoxy) is 1. The molecule has 5 rings (SSSR count). The van der Waals surface area contributed by atoms with Crippen LogP contribution in [0, 0.1) is 0 Å². The number of hydrogen-bond donors (Lipinski definition) is 0. The highest BCUT2D eigenvalue weighted by atomic mass is 35.5. The largest absolute Gasteiger partial charge is 0.489 e. The highest BCUT2D eigenvalue weighted by Crippen LogP contribution is 2.35. The molecule has 0 saturated carbocycles. The molecular formula is C30H26ClN3O2S2. The summed E-state index contributed by atoms with van der Waals surface area (Å²) in [5, 5.41) is 5.59. The number of rotatable bonds is 9. The normalized spacial score (nSPS) is 14.5. The molecule has 1 aromatic heterocycles. The lowest BCUT2D eigenvalue weighted by molar-refractivity contribution is -0.122. The summed E-state index contributed by atoms with van der Waals surface area (Å²) in [5.41, 5.74) is 4.52. The molecule has 1 amide bonds. The Morgan fingerprint density at radius 2 is 1.76 bits per heavy atom. The fraction of sp³-hybridized carbons (Fsp3) is 0.167. The molecule has 1 aliphatic heterocycles. The van der Waals surface area contributed by atoms with Crippen molar-refractivity contribution in [2.24, 2.45) is 0 Å². The van der Waals surface area contributed by atoms with Crippen LogP contribution in [0.5, 0.6) is 5.75 Å². The molecule has 0 radical (unpaired) electrons. The number of benzene rings is 3. The first-order chi connectivity index (χ1) is 18.5. The van der Waals surface area contributed by atoms with Crippen LogP contribution >= 0.6 is 35.6 Å². The Kier molecular flexibility index (Phi) is 8.27. The van der Waals surface area contributed by atoms with Crippen molar-refractivity contribution in [1.82, 2.24) is 14.7 Å². The van der Waals surface area contributed by atoms with Crippen molar-refractivity contribution in [2.45, 2.75) is 26.4 Å². The van der Waals surface area contributed by atoms with Gasteiger partial charge in [0.1, 0.15) is 16.7 Å². The van der Waals surface area contributed by atoms with Gasteiger partial charge < -0.3 is 4.74 Å². The van der Waals surface area contributed by atoms with Gasteiger partial charge in [0.2, 0.25) is 0 Å². The topological polar surface area (TPSA) is 47.4 Å². The zero-order chi connectivity index (χ0) is 26.5. The number of carbonyl (C=O) groups excluding carboxylic acids is 1. The van der Waals surface area contributed by atoms with Crippen LogP contribution in [0.2, 0.25) is 5.02 Å². The molecule has 1 saturated heterocycles. The van der Waals surface area contributed by atoms with Crippen LogP contribution in [0.15, 0.2) is 90.0 Å². The summed E-state index contributed by atoms with van der Waals surface area (Å²) in [6, 6.07) is 25.4. The molecule has 3 aromatic carbocycles. The second-order valence-corrected chi connectivity index (χ2v) is 11.0. The first kappa shape index (κ1) is 26.2. The van der Waals surface area contributed by atoms with E-state index < -0.39 is 0 Å². The number of para-hydroxylation sites is 1. The minimum absolute atomic E-state index is 0.0437. The monoisotopic (exact) mass is 559 g/mol. The molecule has 2 heterocycles. The van der Waals surface area contributed by atoms with Crippen molar-refractivity contribution in [3.05, 3.63) is 106 Å². The van der Waals surface area contributed by atoms with E-state index in [9.17, 15) is 4.79 Å². The van der Waals surface area contributed by atoms with Crippen LogP contribution in [0.4, 0.5) is 0 Å². The Balaban J connectivity index is 1.43. The summed E-state index contributed by atoms with van der Waals surface area (Å²) in [4.78, 5) is 15.4. The number of hydrogen-bond acceptors (Lipinski definition) is 5. The zero-order valence-electron chi connectivity index (χ0n) is 20.8. The Hall–Kier alpha value is -3.39. The second kappa shape index (κ2) is 12.0. The van der Waals surface area contributed by atoms with E-state index in [4.69, 9.17) is 33.7 Å². The van der Waals surface area contributed by atoms with Crippen LogP contribution in [0.25, 0.3) is 23.0 Å². The van der Waals surface area contributed by atoms with Crippen molar-refractivity contribution in [3.63, 3.8) is 0 Å². The second-order valence-electron chi connectivity index (χ2n) is 8.84. The molecule has 0 bridgehead atoms. The van der Waals surface area contributed by atoms with Crippen LogP contribution < -0.4 is 4.74 Å². The van der Waals surface area contributed by atoms with E-state index >= 15 is 0 Å². The van der Waals surface area contributed by atoms with Gasteiger partial charge in [-0.2, -0.15) is 5.10 Å². The van der Waals surface area contributed by atoms with Gasteiger partial charge in [-0.1, -0.05) is 79.3 Å². The summed E-state index contributed by atoms with van der Waals surface area (Å²) in [7, 11) is 0. The predicted octanol–water partition coefficient (Wildman–Crippen LogP) is 7.77. The lowest BCUT2D eigenvalue weighted by atomic mass is 10.1. The first-order valence-corrected chi connectivity index (χ1v) is 14.0. The summed E-state index contributed by atoms with van der Waals surface area (Å²) in [5.74, 6) is 0.711. The number of aromatic nitrogens is 2. The van der Waals surface area contributed by atoms with Gasteiger partial charge in [0.15, 0.2) is 0 Å². The van der Waals surface area contributed by atoms with Crippen LogP contribution in [0.3, 0.4) is 0 Å². The van der Waals surface area contributed by atoms with E-state index in [1.807, 2.05) is 95.8 Å². The van der Waals surface area contributed by atoms with E-state index in [2.05, 4.69) is 6.92 Å². The summed E-state index contributed by atoms with van der Waals surface area (Å²) in [6.45, 7) is 3.20. The highest BCUT2D eigenvalue weighted by Gasteiger charge is 2.31. The molecule has 0 N–H and O–H groups in total. The van der Waals surface area contributed by atoms with E-state index in [0.717, 1.165) is 46.7 Å². The minimum atomic E-state index is -0.0437. The Morgan fingerprint density at radius 1 is 1.03 bits per heavy atom. The molecule has 1 aliphatic rings. The van der Waals surface area contributed by atoms with Gasteiger partial charge in [-0.05, 0) is 66.6 Å². The van der Waals surface area contributed by atoms with Crippen molar-refractivity contribution in [1.29, 1.82) is 0 Å². The average Bonchev–Trinajstić information content (AvgIpc) is 3.48. The van der Waals surface area contributed by atoms with Crippen LogP contribution in [-0.2, 0) is 11.4 Å². The fourth-order valence-electron chi connectivity index (χ4n) is 4.04. The minimum Gasteiger partial charge on any atom is -0.489 e. The number of carbonyl (C=O) groups is 1. The Labute approximate surface area is 237 Å². The summed E-state index contributed by atoms with van der Waals surface area (Å²) in [6.07, 6.45) is 5.78. The molecule has 38 heavy (non-hydrogen) atoms. The lowest BCUT2D eigenvalue weighted by Gasteiger charge is -2.12. The van der Waals surface area contributed by atoms with Crippen molar-refractivity contribution >= 4 is 51.9 Å². The van der Waals surface area contributed by atoms with Gasteiger partial charge in [0.05, 0.1) is 16.3 Å². The molecule has 8 heteroatoms. The third-order valence-corrected chi connectivity index (χ3v) is 7.74. The van der Waals surface area contributed by atoms with Crippen molar-refractivity contribution in [2.75, 3.05) is 6.54 Å². The lowest BCUT2D eigenvalue weighted by Crippen LogP contribution is -2.28. The molecule has 192 valence electrons. The van der Waals surface area contributed by atoms with Gasteiger partial charge >= 0.3 is 0 Å². The molecule has 0 aliphatic carbocycles. The number of nitrogens with zero attached hydrogens (tertiary/aromatic N) is 3. The quantitative estimate of drug-likeness (QED) is 0.155. The molecule has 0 atom stereocenters. The Bertz CT molecular complexity index is 1470. The smallest absolute Gasteiger partial charge is 0.266 e. The maximum Gasteiger partial charge on any atom is 0.266 e. The van der Waals surface area contributed by atoms with Crippen LogP contribution in [-0.4, -0.2) is 31.5 Å². The van der Waals surface area contributed by atoms with Gasteiger partial charge in [0, 0.05) is 28.9 Å². The molecule has 0 unspecified atom stereocenters. The molecular weight excluding hydrogens is 534 g/mol. The molecule has 0 spiro atoms. The maximum absolute atomic E-state index is 13.1. The third kappa shape index (κ3) is 6.01. The van der Waals surface area contributed by atoms with Crippen molar-refractivity contribution < 1.29 is 9.53 Å². The van der Waals surface area contributed by atoms with E-state index in [0.29, 0.717) is 27.4 Å². The van der Waals surface area contributed by atoms with E-state index in [1.54, 1.807) is 4.90 Å². The maximum atomic E-state index is 13.1. The van der Waals surface area contributed by atoms with Crippen molar-refractivity contribution in [3.8, 4) is 22.7 Å².